The minimum absolute atomic E-state index is 0.183. The second-order valence-corrected chi connectivity index (χ2v) is 8.20. The van der Waals surface area contributed by atoms with E-state index in [0.717, 1.165) is 0 Å². The molecule has 3 atom stereocenters. The molecule has 1 amide bonds. The SMILES string of the molecule is CC(=O)NCC1C[C@H](c2ccc(N3CCN(S(C)=O)CC3)c(F)c2)C(=O)O1. The Morgan fingerprint density at radius 3 is 2.63 bits per heavy atom. The van der Waals surface area contributed by atoms with E-state index in [1.54, 1.807) is 18.4 Å². The number of rotatable bonds is 5. The number of halogens is 1. The molecule has 0 saturated carbocycles. The van der Waals surface area contributed by atoms with Crippen LogP contribution in [0.4, 0.5) is 10.1 Å². The summed E-state index contributed by atoms with van der Waals surface area (Å²) >= 11 is 0. The number of carbonyl (C=O) groups excluding carboxylic acids is 2. The number of benzene rings is 1. The summed E-state index contributed by atoms with van der Waals surface area (Å²) in [4.78, 5) is 25.0. The topological polar surface area (TPSA) is 79.0 Å². The number of anilines is 1. The molecule has 2 aliphatic heterocycles. The van der Waals surface area contributed by atoms with E-state index in [2.05, 4.69) is 5.32 Å². The number of amides is 1. The fourth-order valence-corrected chi connectivity index (χ4v) is 4.17. The van der Waals surface area contributed by atoms with Gasteiger partial charge in [0, 0.05) is 45.8 Å². The van der Waals surface area contributed by atoms with E-state index in [4.69, 9.17) is 4.74 Å². The summed E-state index contributed by atoms with van der Waals surface area (Å²) in [5.74, 6) is -1.48. The largest absolute Gasteiger partial charge is 0.460 e. The van der Waals surface area contributed by atoms with Gasteiger partial charge in [-0.3, -0.25) is 9.59 Å². The molecule has 1 N–H and O–H groups in total. The first kappa shape index (κ1) is 19.8. The lowest BCUT2D eigenvalue weighted by atomic mass is 9.95. The first-order valence-electron chi connectivity index (χ1n) is 8.93. The Hall–Kier alpha value is -2.00. The predicted molar refractivity (Wildman–Crippen MR) is 100 cm³/mol. The number of esters is 1. The van der Waals surface area contributed by atoms with Crippen LogP contribution in [0.25, 0.3) is 0 Å². The van der Waals surface area contributed by atoms with E-state index in [1.165, 1.54) is 13.0 Å². The molecule has 7 nitrogen and oxygen atoms in total. The molecular formula is C18H24FN3O4S. The molecule has 0 bridgehead atoms. The molecule has 1 aromatic rings. The summed E-state index contributed by atoms with van der Waals surface area (Å²) in [5.41, 5.74) is 1.07. The Labute approximate surface area is 160 Å². The lowest BCUT2D eigenvalue weighted by Gasteiger charge is -2.34. The Balaban J connectivity index is 1.66. The Morgan fingerprint density at radius 2 is 2.04 bits per heavy atom. The lowest BCUT2D eigenvalue weighted by molar-refractivity contribution is -0.142. The number of hydrogen-bond acceptors (Lipinski definition) is 5. The molecule has 1 aromatic carbocycles. The van der Waals surface area contributed by atoms with E-state index in [-0.39, 0.29) is 18.3 Å². The van der Waals surface area contributed by atoms with Crippen LogP contribution >= 0.6 is 0 Å². The molecule has 3 rings (SSSR count). The van der Waals surface area contributed by atoms with Crippen molar-refractivity contribution in [3.63, 3.8) is 0 Å². The predicted octanol–water partition coefficient (Wildman–Crippen LogP) is 0.776. The highest BCUT2D eigenvalue weighted by Crippen LogP contribution is 2.33. The van der Waals surface area contributed by atoms with Crippen LogP contribution in [0.1, 0.15) is 24.8 Å². The number of nitrogens with one attached hydrogen (secondary N) is 1. The maximum atomic E-state index is 14.7. The van der Waals surface area contributed by atoms with Crippen LogP contribution in [0.15, 0.2) is 18.2 Å². The first-order valence-corrected chi connectivity index (χ1v) is 10.4. The maximum Gasteiger partial charge on any atom is 0.313 e. The van der Waals surface area contributed by atoms with Gasteiger partial charge >= 0.3 is 5.97 Å². The highest BCUT2D eigenvalue weighted by molar-refractivity contribution is 7.81. The van der Waals surface area contributed by atoms with Gasteiger partial charge in [0.2, 0.25) is 5.91 Å². The molecule has 0 radical (unpaired) electrons. The molecule has 0 spiro atoms. The smallest absolute Gasteiger partial charge is 0.313 e. The van der Waals surface area contributed by atoms with Crippen molar-refractivity contribution in [2.24, 2.45) is 0 Å². The lowest BCUT2D eigenvalue weighted by Crippen LogP contribution is -2.47. The zero-order valence-electron chi connectivity index (χ0n) is 15.4. The number of hydrogen-bond donors (Lipinski definition) is 1. The van der Waals surface area contributed by atoms with E-state index in [0.29, 0.717) is 43.9 Å². The van der Waals surface area contributed by atoms with E-state index >= 15 is 0 Å². The van der Waals surface area contributed by atoms with Gasteiger partial charge in [0.05, 0.1) is 29.1 Å². The average Bonchev–Trinajstić information content (AvgIpc) is 3.01. The quantitative estimate of drug-likeness (QED) is 0.743. The van der Waals surface area contributed by atoms with Crippen LogP contribution in [0, 0.1) is 5.82 Å². The summed E-state index contributed by atoms with van der Waals surface area (Å²) in [6.07, 6.45) is 1.67. The summed E-state index contributed by atoms with van der Waals surface area (Å²) < 4.78 is 33.3. The molecule has 2 saturated heterocycles. The standard InChI is InChI=1S/C18H24FN3O4S/c1-12(23)20-11-14-10-15(18(24)26-14)13-3-4-17(16(19)9-13)21-5-7-22(8-6-21)27(2)25/h3-4,9,14-15H,5-8,10-11H2,1-2H3,(H,20,23)/t14?,15-,27?/m1/s1. The number of carbonyl (C=O) groups is 2. The van der Waals surface area contributed by atoms with Gasteiger partial charge in [-0.25, -0.2) is 12.9 Å². The fourth-order valence-electron chi connectivity index (χ4n) is 3.49. The Kier molecular flexibility index (Phi) is 6.11. The molecule has 0 aliphatic carbocycles. The van der Waals surface area contributed by atoms with Crippen LogP contribution in [-0.4, -0.2) is 65.5 Å². The van der Waals surface area contributed by atoms with Crippen molar-refractivity contribution >= 4 is 28.5 Å². The van der Waals surface area contributed by atoms with Crippen LogP contribution in [0.3, 0.4) is 0 Å². The van der Waals surface area contributed by atoms with Crippen LogP contribution in [0.2, 0.25) is 0 Å². The fraction of sp³-hybridized carbons (Fsp3) is 0.556. The van der Waals surface area contributed by atoms with Gasteiger partial charge in [-0.1, -0.05) is 6.07 Å². The molecule has 2 fully saturated rings. The minimum atomic E-state index is -1.01. The number of cyclic esters (lactones) is 1. The van der Waals surface area contributed by atoms with Crippen molar-refractivity contribution in [1.82, 2.24) is 9.62 Å². The molecule has 2 aliphatic rings. The van der Waals surface area contributed by atoms with Gasteiger partial charge in [-0.15, -0.1) is 0 Å². The molecule has 148 valence electrons. The summed E-state index contributed by atoms with van der Waals surface area (Å²) in [7, 11) is -1.01. The number of nitrogens with zero attached hydrogens (tertiary/aromatic N) is 2. The highest BCUT2D eigenvalue weighted by Gasteiger charge is 2.36. The average molecular weight is 397 g/mol. The summed E-state index contributed by atoms with van der Waals surface area (Å²) in [6.45, 7) is 4.09. The molecule has 2 unspecified atom stereocenters. The van der Waals surface area contributed by atoms with Crippen molar-refractivity contribution in [3.05, 3.63) is 29.6 Å². The molecule has 9 heteroatoms. The number of ether oxygens (including phenoxy) is 1. The zero-order chi connectivity index (χ0) is 19.6. The Morgan fingerprint density at radius 1 is 1.33 bits per heavy atom. The van der Waals surface area contributed by atoms with Gasteiger partial charge < -0.3 is 15.0 Å². The van der Waals surface area contributed by atoms with E-state index in [1.807, 2.05) is 9.21 Å². The van der Waals surface area contributed by atoms with Crippen molar-refractivity contribution in [3.8, 4) is 0 Å². The van der Waals surface area contributed by atoms with E-state index < -0.39 is 29.0 Å². The van der Waals surface area contributed by atoms with E-state index in [9.17, 15) is 18.2 Å². The van der Waals surface area contributed by atoms with Gasteiger partial charge in [0.15, 0.2) is 0 Å². The second-order valence-electron chi connectivity index (χ2n) is 6.83. The highest BCUT2D eigenvalue weighted by atomic mass is 32.2. The summed E-state index contributed by atoms with van der Waals surface area (Å²) in [5, 5.41) is 2.63. The number of piperazine rings is 1. The first-order chi connectivity index (χ1) is 12.8. The zero-order valence-corrected chi connectivity index (χ0v) is 16.3. The Bertz CT molecular complexity index is 752. The van der Waals surface area contributed by atoms with Crippen molar-refractivity contribution in [1.29, 1.82) is 0 Å². The van der Waals surface area contributed by atoms with Crippen molar-refractivity contribution in [2.75, 3.05) is 43.9 Å². The van der Waals surface area contributed by atoms with Gasteiger partial charge in [-0.05, 0) is 17.7 Å². The monoisotopic (exact) mass is 397 g/mol. The van der Waals surface area contributed by atoms with Gasteiger partial charge in [0.1, 0.15) is 11.9 Å². The van der Waals surface area contributed by atoms with Crippen LogP contribution < -0.4 is 10.2 Å². The van der Waals surface area contributed by atoms with Crippen molar-refractivity contribution < 1.29 is 22.9 Å². The molecule has 2 heterocycles. The third kappa shape index (κ3) is 4.65. The third-order valence-electron chi connectivity index (χ3n) is 4.96. The normalized spacial score (nSPS) is 24.6. The molecular weight excluding hydrogens is 373 g/mol. The van der Waals surface area contributed by atoms with Crippen LogP contribution in [-0.2, 0) is 25.3 Å². The molecule has 27 heavy (non-hydrogen) atoms. The van der Waals surface area contributed by atoms with Gasteiger partial charge in [-0.2, -0.15) is 0 Å². The minimum Gasteiger partial charge on any atom is -0.460 e. The van der Waals surface area contributed by atoms with Crippen LogP contribution in [0.5, 0.6) is 0 Å². The van der Waals surface area contributed by atoms with Gasteiger partial charge in [0.25, 0.3) is 0 Å². The maximum absolute atomic E-state index is 14.7. The van der Waals surface area contributed by atoms with Crippen molar-refractivity contribution in [2.45, 2.75) is 25.4 Å². The summed E-state index contributed by atoms with van der Waals surface area (Å²) in [6, 6.07) is 4.85. The second kappa shape index (κ2) is 8.35. The third-order valence-corrected chi connectivity index (χ3v) is 6.05. The molecule has 0 aromatic heterocycles.